The Morgan fingerprint density at radius 1 is 0.780 bits per heavy atom. The summed E-state index contributed by atoms with van der Waals surface area (Å²) in [6.45, 7) is 8.92. The Labute approximate surface area is 242 Å². The van der Waals surface area contributed by atoms with Gasteiger partial charge in [0, 0.05) is 6.42 Å². The second-order valence-electron chi connectivity index (χ2n) is 10.9. The summed E-state index contributed by atoms with van der Waals surface area (Å²) in [5.74, 6) is 0.193. The average molecular weight is 552 g/mol. The molecule has 0 aliphatic rings. The Hall–Kier alpha value is -4.58. The fourth-order valence-corrected chi connectivity index (χ4v) is 4.24. The minimum atomic E-state index is -1.01. The second-order valence-corrected chi connectivity index (χ2v) is 10.9. The molecule has 0 fully saturated rings. The van der Waals surface area contributed by atoms with Crippen molar-refractivity contribution in [2.45, 2.75) is 45.6 Å². The first-order chi connectivity index (χ1) is 19.7. The van der Waals surface area contributed by atoms with Crippen LogP contribution in [0.3, 0.4) is 0 Å². The minimum Gasteiger partial charge on any atom is -0.490 e. The lowest BCUT2D eigenvalue weighted by Crippen LogP contribution is -2.29. The zero-order chi connectivity index (χ0) is 29.2. The number of benzene rings is 4. The quantitative estimate of drug-likeness (QED) is 0.112. The van der Waals surface area contributed by atoms with Crippen molar-refractivity contribution in [2.75, 3.05) is 13.2 Å². The summed E-state index contributed by atoms with van der Waals surface area (Å²) in [7, 11) is 0. The molecule has 6 nitrogen and oxygen atoms in total. The van der Waals surface area contributed by atoms with Crippen LogP contribution in [-0.2, 0) is 21.5 Å². The van der Waals surface area contributed by atoms with E-state index in [0.29, 0.717) is 24.7 Å². The first-order valence-electron chi connectivity index (χ1n) is 13.7. The van der Waals surface area contributed by atoms with Gasteiger partial charge >= 0.3 is 5.97 Å². The molecule has 212 valence electrons. The fraction of sp³-hybridized carbons (Fsp3) is 0.257. The van der Waals surface area contributed by atoms with Gasteiger partial charge in [0.05, 0.1) is 5.71 Å². The summed E-state index contributed by atoms with van der Waals surface area (Å²) >= 11 is 0. The lowest BCUT2D eigenvalue weighted by atomic mass is 9.87. The van der Waals surface area contributed by atoms with Gasteiger partial charge in [-0.3, -0.25) is 0 Å². The Kier molecular flexibility index (Phi) is 9.80. The molecule has 41 heavy (non-hydrogen) atoms. The molecule has 4 aromatic carbocycles. The first-order valence-corrected chi connectivity index (χ1v) is 13.7. The molecule has 0 bridgehead atoms. The SMILES string of the molecule is CC(=NOCCOc1ccc(CC(Oc2ccc(C(C)(C)C)cc2)C(=O)O)cc1)c1ccc(-c2ccccc2)cc1. The predicted octanol–water partition coefficient (Wildman–Crippen LogP) is 7.55. The highest BCUT2D eigenvalue weighted by atomic mass is 16.6. The van der Waals surface area contributed by atoms with Gasteiger partial charge < -0.3 is 19.4 Å². The third-order valence-corrected chi connectivity index (χ3v) is 6.67. The smallest absolute Gasteiger partial charge is 0.345 e. The van der Waals surface area contributed by atoms with E-state index < -0.39 is 12.1 Å². The molecule has 0 radical (unpaired) electrons. The molecule has 4 rings (SSSR count). The number of hydrogen-bond acceptors (Lipinski definition) is 5. The largest absolute Gasteiger partial charge is 0.490 e. The van der Waals surface area contributed by atoms with Gasteiger partial charge in [0.1, 0.15) is 18.1 Å². The Morgan fingerprint density at radius 2 is 1.39 bits per heavy atom. The zero-order valence-electron chi connectivity index (χ0n) is 24.0. The molecular formula is C35H37NO5. The molecule has 0 heterocycles. The number of rotatable bonds is 12. The van der Waals surface area contributed by atoms with E-state index in [1.165, 1.54) is 5.56 Å². The fourth-order valence-electron chi connectivity index (χ4n) is 4.24. The minimum absolute atomic E-state index is 0.0166. The number of ether oxygens (including phenoxy) is 2. The molecule has 0 amide bonds. The number of carbonyl (C=O) groups is 1. The summed E-state index contributed by atoms with van der Waals surface area (Å²) in [6, 6.07) is 33.4. The van der Waals surface area contributed by atoms with E-state index in [9.17, 15) is 9.90 Å². The van der Waals surface area contributed by atoms with Crippen molar-refractivity contribution in [1.82, 2.24) is 0 Å². The van der Waals surface area contributed by atoms with Gasteiger partial charge in [-0.2, -0.15) is 0 Å². The van der Waals surface area contributed by atoms with Crippen LogP contribution in [0.1, 0.15) is 44.4 Å². The van der Waals surface area contributed by atoms with Gasteiger partial charge in [0.2, 0.25) is 0 Å². The molecule has 0 aliphatic heterocycles. The predicted molar refractivity (Wildman–Crippen MR) is 163 cm³/mol. The normalized spacial score (nSPS) is 12.4. The second kappa shape index (κ2) is 13.7. The molecular weight excluding hydrogens is 514 g/mol. The van der Waals surface area contributed by atoms with Crippen molar-refractivity contribution in [2.24, 2.45) is 5.16 Å². The average Bonchev–Trinajstić information content (AvgIpc) is 2.97. The number of aliphatic carboxylic acids is 1. The van der Waals surface area contributed by atoms with E-state index in [0.717, 1.165) is 28.0 Å². The van der Waals surface area contributed by atoms with Crippen molar-refractivity contribution in [3.05, 3.63) is 120 Å². The summed E-state index contributed by atoms with van der Waals surface area (Å²) in [5, 5.41) is 13.9. The van der Waals surface area contributed by atoms with Crippen LogP contribution < -0.4 is 9.47 Å². The Balaban J connectivity index is 1.22. The van der Waals surface area contributed by atoms with E-state index >= 15 is 0 Å². The highest BCUT2D eigenvalue weighted by Crippen LogP contribution is 2.25. The van der Waals surface area contributed by atoms with Crippen molar-refractivity contribution in [3.8, 4) is 22.6 Å². The van der Waals surface area contributed by atoms with Gasteiger partial charge in [-0.25, -0.2) is 4.79 Å². The maximum absolute atomic E-state index is 11.8. The Morgan fingerprint density at radius 3 is 2.00 bits per heavy atom. The molecule has 0 aliphatic carbocycles. The zero-order valence-corrected chi connectivity index (χ0v) is 24.0. The lowest BCUT2D eigenvalue weighted by molar-refractivity contribution is -0.145. The van der Waals surface area contributed by atoms with E-state index in [-0.39, 0.29) is 11.8 Å². The van der Waals surface area contributed by atoms with E-state index in [1.807, 2.05) is 85.8 Å². The van der Waals surface area contributed by atoms with Gasteiger partial charge in [0.25, 0.3) is 0 Å². The highest BCUT2D eigenvalue weighted by Gasteiger charge is 2.21. The maximum Gasteiger partial charge on any atom is 0.345 e. The number of hydrogen-bond donors (Lipinski definition) is 1. The number of carboxylic acids is 1. The van der Waals surface area contributed by atoms with E-state index in [4.69, 9.17) is 14.3 Å². The first kappa shape index (κ1) is 29.4. The van der Waals surface area contributed by atoms with Crippen molar-refractivity contribution >= 4 is 11.7 Å². The van der Waals surface area contributed by atoms with Gasteiger partial charge in [-0.05, 0) is 64.4 Å². The molecule has 1 atom stereocenters. The summed E-state index contributed by atoms with van der Waals surface area (Å²) in [4.78, 5) is 17.3. The van der Waals surface area contributed by atoms with Crippen LogP contribution in [0.5, 0.6) is 11.5 Å². The van der Waals surface area contributed by atoms with Crippen molar-refractivity contribution in [3.63, 3.8) is 0 Å². The summed E-state index contributed by atoms with van der Waals surface area (Å²) in [5.41, 5.74) is 6.12. The molecule has 6 heteroatoms. The topological polar surface area (TPSA) is 77.3 Å². The number of carboxylic acid groups (broad SMARTS) is 1. The van der Waals surface area contributed by atoms with Gasteiger partial charge in [-0.15, -0.1) is 0 Å². The third-order valence-electron chi connectivity index (χ3n) is 6.67. The molecule has 1 N–H and O–H groups in total. The molecule has 0 aromatic heterocycles. The standard InChI is InChI=1S/C35H37NO5/c1-25(27-12-14-29(15-13-27)28-8-6-5-7-9-28)36-40-23-22-39-31-18-10-26(11-19-31)24-33(34(37)38)41-32-20-16-30(17-21-32)35(2,3)4/h5-21,33H,22-24H2,1-4H3,(H,37,38). The molecule has 0 saturated heterocycles. The van der Waals surface area contributed by atoms with Crippen LogP contribution in [0.4, 0.5) is 0 Å². The lowest BCUT2D eigenvalue weighted by Gasteiger charge is -2.20. The number of nitrogens with zero attached hydrogens (tertiary/aromatic N) is 1. The van der Waals surface area contributed by atoms with Gasteiger partial charge in [-0.1, -0.05) is 105 Å². The van der Waals surface area contributed by atoms with Crippen LogP contribution in [-0.4, -0.2) is 36.1 Å². The van der Waals surface area contributed by atoms with E-state index in [1.54, 1.807) is 0 Å². The molecule has 0 spiro atoms. The molecule has 1 unspecified atom stereocenters. The van der Waals surface area contributed by atoms with Crippen LogP contribution in [0.15, 0.2) is 108 Å². The third kappa shape index (κ3) is 8.70. The van der Waals surface area contributed by atoms with E-state index in [2.05, 4.69) is 50.2 Å². The van der Waals surface area contributed by atoms with Crippen LogP contribution in [0, 0.1) is 0 Å². The summed E-state index contributed by atoms with van der Waals surface area (Å²) in [6.07, 6.45) is -0.758. The van der Waals surface area contributed by atoms with Gasteiger partial charge in [0.15, 0.2) is 12.7 Å². The van der Waals surface area contributed by atoms with Crippen molar-refractivity contribution < 1.29 is 24.2 Å². The van der Waals surface area contributed by atoms with Crippen LogP contribution in [0.25, 0.3) is 11.1 Å². The number of oxime groups is 1. The monoisotopic (exact) mass is 551 g/mol. The summed E-state index contributed by atoms with van der Waals surface area (Å²) < 4.78 is 11.5. The molecule has 0 saturated carbocycles. The van der Waals surface area contributed by atoms with Crippen LogP contribution >= 0.6 is 0 Å². The maximum atomic E-state index is 11.8. The van der Waals surface area contributed by atoms with Crippen LogP contribution in [0.2, 0.25) is 0 Å². The Bertz CT molecular complexity index is 1420. The highest BCUT2D eigenvalue weighted by molar-refractivity contribution is 5.98. The van der Waals surface area contributed by atoms with Crippen molar-refractivity contribution in [1.29, 1.82) is 0 Å². The molecule has 4 aromatic rings.